The molecule has 1 aromatic rings. The summed E-state index contributed by atoms with van der Waals surface area (Å²) in [6.45, 7) is 1.81. The third-order valence-electron chi connectivity index (χ3n) is 3.43. The molecule has 0 aromatic heterocycles. The van der Waals surface area contributed by atoms with Gasteiger partial charge in [-0.3, -0.25) is 10.1 Å². The van der Waals surface area contributed by atoms with Gasteiger partial charge in [0, 0.05) is 17.3 Å². The van der Waals surface area contributed by atoms with E-state index >= 15 is 0 Å². The van der Waals surface area contributed by atoms with Crippen molar-refractivity contribution < 1.29 is 20.0 Å². The molecule has 0 spiro atoms. The summed E-state index contributed by atoms with van der Waals surface area (Å²) in [7, 11) is 0. The number of benzene rings is 1. The highest BCUT2D eigenvalue weighted by Gasteiger charge is 2.24. The van der Waals surface area contributed by atoms with Crippen LogP contribution in [0.1, 0.15) is 42.7 Å². The topological polar surface area (TPSA) is 113 Å². The van der Waals surface area contributed by atoms with Gasteiger partial charge in [0.05, 0.1) is 0 Å². The third-order valence-corrected chi connectivity index (χ3v) is 3.43. The van der Waals surface area contributed by atoms with Gasteiger partial charge in [0.25, 0.3) is 0 Å². The first kappa shape index (κ1) is 17.6. The molecule has 0 aliphatic rings. The monoisotopic (exact) mass is 308 g/mol. The van der Waals surface area contributed by atoms with Crippen molar-refractivity contribution in [1.82, 2.24) is 0 Å². The molecule has 0 bridgehead atoms. The summed E-state index contributed by atoms with van der Waals surface area (Å²) in [6.07, 6.45) is 2.17. The molecule has 0 radical (unpaired) electrons. The molecule has 2 N–H and O–H groups in total. The van der Waals surface area contributed by atoms with E-state index in [9.17, 15) is 14.9 Å². The van der Waals surface area contributed by atoms with Gasteiger partial charge < -0.3 is 10.3 Å². The number of unbranched alkanes of at least 4 members (excludes halogenated alkanes) is 2. The highest BCUT2D eigenvalue weighted by molar-refractivity contribution is 6.37. The van der Waals surface area contributed by atoms with Crippen molar-refractivity contribution in [3.8, 4) is 0 Å². The summed E-state index contributed by atoms with van der Waals surface area (Å²) >= 11 is 0. The molecular weight excluding hydrogens is 288 g/mol. The summed E-state index contributed by atoms with van der Waals surface area (Å²) in [5.74, 6) is -1.79. The minimum Gasteiger partial charge on any atom is -0.477 e. The van der Waals surface area contributed by atoms with Gasteiger partial charge in [-0.25, -0.2) is 4.79 Å². The average molecular weight is 308 g/mol. The summed E-state index contributed by atoms with van der Waals surface area (Å²) < 4.78 is 0. The van der Waals surface area contributed by atoms with Crippen LogP contribution in [0.5, 0.6) is 0 Å². The maximum Gasteiger partial charge on any atom is 0.354 e. The van der Waals surface area contributed by atoms with Crippen LogP contribution in [0.4, 0.5) is 0 Å². The molecule has 7 heteroatoms. The predicted octanol–water partition coefficient (Wildman–Crippen LogP) is 2.83. The number of carbonyl (C=O) groups is 1. The molecule has 0 saturated carbocycles. The Balaban J connectivity index is 2.79. The Morgan fingerprint density at radius 3 is 2.64 bits per heavy atom. The minimum atomic E-state index is -1.26. The fourth-order valence-electron chi connectivity index (χ4n) is 2.38. The van der Waals surface area contributed by atoms with Crippen LogP contribution in [0.25, 0.3) is 0 Å². The Kier molecular flexibility index (Phi) is 7.01. The number of aryl methyl sites for hydroxylation is 1. The molecule has 0 saturated heterocycles. The van der Waals surface area contributed by atoms with Gasteiger partial charge in [-0.15, -0.1) is 0 Å². The van der Waals surface area contributed by atoms with Crippen LogP contribution in [0.3, 0.4) is 0 Å². The lowest BCUT2D eigenvalue weighted by atomic mass is 9.88. The lowest BCUT2D eigenvalue weighted by Gasteiger charge is -2.16. The molecule has 0 heterocycles. The van der Waals surface area contributed by atoms with Crippen molar-refractivity contribution in [2.45, 2.75) is 38.5 Å². The number of aliphatic carboxylic acids is 1. The quantitative estimate of drug-likeness (QED) is 0.239. The molecule has 22 heavy (non-hydrogen) atoms. The van der Waals surface area contributed by atoms with Crippen molar-refractivity contribution >= 4 is 11.7 Å². The van der Waals surface area contributed by atoms with Crippen LogP contribution in [0.2, 0.25) is 0 Å². The van der Waals surface area contributed by atoms with Gasteiger partial charge in [-0.05, 0) is 25.3 Å². The van der Waals surface area contributed by atoms with E-state index in [0.29, 0.717) is 25.7 Å². The molecule has 0 fully saturated rings. The fourth-order valence-corrected chi connectivity index (χ4v) is 2.38. The Morgan fingerprint density at radius 1 is 1.36 bits per heavy atom. The second-order valence-corrected chi connectivity index (χ2v) is 5.16. The van der Waals surface area contributed by atoms with Crippen LogP contribution in [0, 0.1) is 17.0 Å². The molecule has 120 valence electrons. The van der Waals surface area contributed by atoms with Gasteiger partial charge in [-0.1, -0.05) is 41.4 Å². The van der Waals surface area contributed by atoms with Crippen molar-refractivity contribution in [3.05, 3.63) is 45.5 Å². The normalized spacial score (nSPS) is 12.9. The Bertz CT molecular complexity index is 557. The fraction of sp³-hybridized carbons (Fsp3) is 0.467. The lowest BCUT2D eigenvalue weighted by Crippen LogP contribution is -2.22. The number of nitro groups is 1. The summed E-state index contributed by atoms with van der Waals surface area (Å²) in [5, 5.41) is 31.4. The Morgan fingerprint density at radius 2 is 2.09 bits per heavy atom. The van der Waals surface area contributed by atoms with Crippen LogP contribution in [-0.4, -0.2) is 33.5 Å². The first-order valence-electron chi connectivity index (χ1n) is 7.09. The number of hydrogen-bond donors (Lipinski definition) is 2. The minimum absolute atomic E-state index is 0.0883. The molecule has 1 rings (SSSR count). The Labute approximate surface area is 128 Å². The molecule has 1 unspecified atom stereocenters. The van der Waals surface area contributed by atoms with Gasteiger partial charge in [-0.2, -0.15) is 0 Å². The van der Waals surface area contributed by atoms with E-state index in [4.69, 9.17) is 10.3 Å². The zero-order valence-electron chi connectivity index (χ0n) is 12.4. The van der Waals surface area contributed by atoms with E-state index < -0.39 is 11.9 Å². The van der Waals surface area contributed by atoms with Gasteiger partial charge in [0.15, 0.2) is 5.71 Å². The van der Waals surface area contributed by atoms with Crippen molar-refractivity contribution in [2.24, 2.45) is 5.16 Å². The number of hydrogen-bond acceptors (Lipinski definition) is 5. The largest absolute Gasteiger partial charge is 0.477 e. The number of nitrogens with zero attached hydrogens (tertiary/aromatic N) is 2. The first-order valence-corrected chi connectivity index (χ1v) is 7.09. The zero-order valence-corrected chi connectivity index (χ0v) is 12.4. The van der Waals surface area contributed by atoms with Gasteiger partial charge >= 0.3 is 5.97 Å². The van der Waals surface area contributed by atoms with E-state index in [1.807, 2.05) is 25.1 Å². The van der Waals surface area contributed by atoms with E-state index in [0.717, 1.165) is 11.1 Å². The number of rotatable bonds is 9. The number of carboxylic acids is 1. The van der Waals surface area contributed by atoms with Crippen molar-refractivity contribution in [2.75, 3.05) is 6.54 Å². The first-order chi connectivity index (χ1) is 10.5. The van der Waals surface area contributed by atoms with E-state index in [2.05, 4.69) is 5.16 Å². The average Bonchev–Trinajstić information content (AvgIpc) is 2.45. The highest BCUT2D eigenvalue weighted by atomic mass is 16.6. The molecule has 1 aromatic carbocycles. The standard InChI is InChI=1S/C15H20N2O5/c1-11-6-5-7-12(10-11)13(14(16-20)15(18)19)8-3-2-4-9-17(21)22/h5-7,10,13,20H,2-4,8-9H2,1H3,(H,18,19). The predicted molar refractivity (Wildman–Crippen MR) is 81.1 cm³/mol. The highest BCUT2D eigenvalue weighted by Crippen LogP contribution is 2.25. The molecule has 7 nitrogen and oxygen atoms in total. The van der Waals surface area contributed by atoms with E-state index in [1.165, 1.54) is 0 Å². The SMILES string of the molecule is Cc1cccc(C(CCCCC[N+](=O)[O-])C(=NO)C(=O)O)c1. The summed E-state index contributed by atoms with van der Waals surface area (Å²) in [4.78, 5) is 21.1. The molecule has 1 atom stereocenters. The van der Waals surface area contributed by atoms with Crippen LogP contribution in [0.15, 0.2) is 29.4 Å². The number of oxime groups is 1. The van der Waals surface area contributed by atoms with Crippen LogP contribution < -0.4 is 0 Å². The smallest absolute Gasteiger partial charge is 0.354 e. The number of carboxylic acid groups (broad SMARTS) is 1. The maximum absolute atomic E-state index is 11.2. The molecule has 0 amide bonds. The van der Waals surface area contributed by atoms with Gasteiger partial charge in [0.2, 0.25) is 6.54 Å². The van der Waals surface area contributed by atoms with Crippen LogP contribution >= 0.6 is 0 Å². The van der Waals surface area contributed by atoms with E-state index in [1.54, 1.807) is 6.07 Å². The summed E-state index contributed by atoms with van der Waals surface area (Å²) in [6, 6.07) is 7.37. The zero-order chi connectivity index (χ0) is 16.5. The maximum atomic E-state index is 11.2. The van der Waals surface area contributed by atoms with Crippen molar-refractivity contribution in [3.63, 3.8) is 0 Å². The third kappa shape index (κ3) is 5.51. The Hall–Kier alpha value is -2.44. The van der Waals surface area contributed by atoms with Crippen molar-refractivity contribution in [1.29, 1.82) is 0 Å². The van der Waals surface area contributed by atoms with Gasteiger partial charge in [0.1, 0.15) is 0 Å². The van der Waals surface area contributed by atoms with Crippen LogP contribution in [-0.2, 0) is 4.79 Å². The molecule has 0 aliphatic carbocycles. The summed E-state index contributed by atoms with van der Waals surface area (Å²) in [5.41, 5.74) is 1.45. The molecular formula is C15H20N2O5. The second-order valence-electron chi connectivity index (χ2n) is 5.16. The lowest BCUT2D eigenvalue weighted by molar-refractivity contribution is -0.480. The van der Waals surface area contributed by atoms with E-state index in [-0.39, 0.29) is 17.2 Å². The second kappa shape index (κ2) is 8.76. The molecule has 0 aliphatic heterocycles.